The molecule has 2 N–H and O–H groups in total. The summed E-state index contributed by atoms with van der Waals surface area (Å²) in [5.41, 5.74) is 3.83. The van der Waals surface area contributed by atoms with E-state index in [2.05, 4.69) is 15.6 Å². The van der Waals surface area contributed by atoms with Crippen molar-refractivity contribution in [1.29, 1.82) is 0 Å². The minimum atomic E-state index is 0.0000227. The highest BCUT2D eigenvalue weighted by atomic mass is 16.1. The van der Waals surface area contributed by atoms with Crippen LogP contribution in [0, 0.1) is 0 Å². The molecule has 0 unspecified atom stereocenters. The van der Waals surface area contributed by atoms with E-state index in [1.807, 2.05) is 78.9 Å². The maximum atomic E-state index is 11.9. The third-order valence-electron chi connectivity index (χ3n) is 5.01. The Bertz CT molecular complexity index is 1400. The number of aromatic nitrogens is 3. The van der Waals surface area contributed by atoms with Crippen LogP contribution < -0.4 is 10.6 Å². The van der Waals surface area contributed by atoms with Gasteiger partial charge < -0.3 is 10.6 Å². The minimum absolute atomic E-state index is 0.0000227. The molecule has 0 radical (unpaired) electrons. The van der Waals surface area contributed by atoms with Crippen LogP contribution in [0.5, 0.6) is 0 Å². The van der Waals surface area contributed by atoms with Gasteiger partial charge in [0.25, 0.3) is 0 Å². The van der Waals surface area contributed by atoms with Gasteiger partial charge in [0.05, 0.1) is 5.52 Å². The number of nitrogens with one attached hydrogen (secondary N) is 2. The van der Waals surface area contributed by atoms with E-state index >= 15 is 0 Å². The topological polar surface area (TPSA) is 79.8 Å². The van der Waals surface area contributed by atoms with E-state index in [0.717, 1.165) is 22.1 Å². The number of benzene rings is 3. The molecule has 0 amide bonds. The predicted molar refractivity (Wildman–Crippen MR) is 124 cm³/mol. The van der Waals surface area contributed by atoms with Gasteiger partial charge in [-0.25, -0.2) is 15.0 Å². The fraction of sp³-hybridized carbons (Fsp3) is 0.0400. The van der Waals surface area contributed by atoms with Crippen LogP contribution in [0.25, 0.3) is 21.8 Å². The van der Waals surface area contributed by atoms with E-state index in [-0.39, 0.29) is 5.78 Å². The van der Waals surface area contributed by atoms with Crippen molar-refractivity contribution in [2.45, 2.75) is 6.92 Å². The third kappa shape index (κ3) is 3.79. The summed E-state index contributed by atoms with van der Waals surface area (Å²) in [6.45, 7) is 1.55. The number of rotatable bonds is 5. The molecule has 2 aromatic heterocycles. The number of pyridine rings is 1. The Labute approximate surface area is 179 Å². The summed E-state index contributed by atoms with van der Waals surface area (Å²) in [5.74, 6) is 1.09. The average Bonchev–Trinajstić information content (AvgIpc) is 2.80. The first-order valence-corrected chi connectivity index (χ1v) is 9.93. The molecular formula is C25H19N5O. The number of para-hydroxylation sites is 2. The van der Waals surface area contributed by atoms with Crippen LogP contribution in [0.15, 0.2) is 85.1 Å². The standard InChI is InChI=1S/C25H19N5O/c1-16(31)17-12-13-20-21-15-26-25(28-19-10-6-3-7-11-19)30-23(21)24(29-22(20)14-17)27-18-8-4-2-5-9-18/h2-15H,1H3,(H,27,29)(H,26,28,30). The van der Waals surface area contributed by atoms with Gasteiger partial charge in [-0.05, 0) is 37.3 Å². The number of nitrogens with zero attached hydrogens (tertiary/aromatic N) is 3. The fourth-order valence-corrected chi connectivity index (χ4v) is 3.46. The number of fused-ring (bicyclic) bond motifs is 3. The number of hydrogen-bond donors (Lipinski definition) is 2. The molecule has 0 spiro atoms. The van der Waals surface area contributed by atoms with Gasteiger partial charge in [-0.3, -0.25) is 4.79 Å². The summed E-state index contributed by atoms with van der Waals surface area (Å²) in [7, 11) is 0. The maximum absolute atomic E-state index is 11.9. The molecule has 5 rings (SSSR count). The number of ketones is 1. The van der Waals surface area contributed by atoms with Crippen LogP contribution >= 0.6 is 0 Å². The molecule has 0 bridgehead atoms. The summed E-state index contributed by atoms with van der Waals surface area (Å²) in [5, 5.41) is 8.35. The molecule has 0 saturated carbocycles. The first-order chi connectivity index (χ1) is 15.2. The molecule has 0 aliphatic heterocycles. The molecule has 3 aromatic carbocycles. The van der Waals surface area contributed by atoms with E-state index in [4.69, 9.17) is 9.97 Å². The largest absolute Gasteiger partial charge is 0.338 e. The van der Waals surface area contributed by atoms with Crippen molar-refractivity contribution in [3.63, 3.8) is 0 Å². The van der Waals surface area contributed by atoms with Crippen molar-refractivity contribution < 1.29 is 4.79 Å². The predicted octanol–water partition coefficient (Wildman–Crippen LogP) is 5.87. The van der Waals surface area contributed by atoms with E-state index in [1.165, 1.54) is 0 Å². The maximum Gasteiger partial charge on any atom is 0.227 e. The van der Waals surface area contributed by atoms with Crippen molar-refractivity contribution >= 4 is 50.7 Å². The van der Waals surface area contributed by atoms with Gasteiger partial charge in [0.1, 0.15) is 5.52 Å². The summed E-state index contributed by atoms with van der Waals surface area (Å²) in [6, 6.07) is 25.1. The van der Waals surface area contributed by atoms with E-state index in [0.29, 0.717) is 28.4 Å². The second-order valence-corrected chi connectivity index (χ2v) is 7.19. The molecule has 150 valence electrons. The van der Waals surface area contributed by atoms with E-state index in [1.54, 1.807) is 13.1 Å². The molecule has 0 atom stereocenters. The molecule has 0 fully saturated rings. The molecule has 6 nitrogen and oxygen atoms in total. The van der Waals surface area contributed by atoms with Crippen molar-refractivity contribution in [3.8, 4) is 0 Å². The smallest absolute Gasteiger partial charge is 0.227 e. The Morgan fingerprint density at radius 2 is 1.45 bits per heavy atom. The van der Waals surface area contributed by atoms with Gasteiger partial charge in [-0.1, -0.05) is 48.5 Å². The van der Waals surface area contributed by atoms with Crippen molar-refractivity contribution in [3.05, 3.63) is 90.6 Å². The highest BCUT2D eigenvalue weighted by Crippen LogP contribution is 2.31. The van der Waals surface area contributed by atoms with Crippen LogP contribution in [-0.4, -0.2) is 20.7 Å². The molecule has 0 saturated heterocycles. The van der Waals surface area contributed by atoms with Gasteiger partial charge >= 0.3 is 0 Å². The summed E-state index contributed by atoms with van der Waals surface area (Å²) < 4.78 is 0. The zero-order valence-corrected chi connectivity index (χ0v) is 16.8. The lowest BCUT2D eigenvalue weighted by atomic mass is 10.1. The molecule has 0 aliphatic carbocycles. The van der Waals surface area contributed by atoms with Crippen LogP contribution in [0.2, 0.25) is 0 Å². The monoisotopic (exact) mass is 405 g/mol. The summed E-state index contributed by atoms with van der Waals surface area (Å²) >= 11 is 0. The van der Waals surface area contributed by atoms with Gasteiger partial charge in [0, 0.05) is 33.9 Å². The second-order valence-electron chi connectivity index (χ2n) is 7.19. The van der Waals surface area contributed by atoms with Crippen LogP contribution in [0.4, 0.5) is 23.1 Å². The van der Waals surface area contributed by atoms with Gasteiger partial charge in [0.15, 0.2) is 11.6 Å². The van der Waals surface area contributed by atoms with Crippen LogP contribution in [0.1, 0.15) is 17.3 Å². The lowest BCUT2D eigenvalue weighted by Gasteiger charge is -2.13. The second kappa shape index (κ2) is 7.84. The Morgan fingerprint density at radius 3 is 2.13 bits per heavy atom. The first-order valence-electron chi connectivity index (χ1n) is 9.93. The van der Waals surface area contributed by atoms with E-state index in [9.17, 15) is 4.79 Å². The summed E-state index contributed by atoms with van der Waals surface area (Å²) in [6.07, 6.45) is 1.79. The quantitative estimate of drug-likeness (QED) is 0.281. The molecular weight excluding hydrogens is 386 g/mol. The normalized spacial score (nSPS) is 10.9. The Morgan fingerprint density at radius 1 is 0.774 bits per heavy atom. The number of Topliss-reactive ketones (excluding diaryl/α,β-unsaturated/α-hetero) is 1. The average molecular weight is 405 g/mol. The minimum Gasteiger partial charge on any atom is -0.338 e. The van der Waals surface area contributed by atoms with Crippen LogP contribution in [-0.2, 0) is 0 Å². The molecule has 31 heavy (non-hydrogen) atoms. The van der Waals surface area contributed by atoms with Gasteiger partial charge in [-0.2, -0.15) is 0 Å². The highest BCUT2D eigenvalue weighted by Gasteiger charge is 2.13. The number of anilines is 4. The van der Waals surface area contributed by atoms with Crippen molar-refractivity contribution in [1.82, 2.24) is 15.0 Å². The van der Waals surface area contributed by atoms with Crippen molar-refractivity contribution in [2.75, 3.05) is 10.6 Å². The van der Waals surface area contributed by atoms with Gasteiger partial charge in [0.2, 0.25) is 5.95 Å². The Balaban J connectivity index is 1.69. The number of carbonyl (C=O) groups excluding carboxylic acids is 1. The fourth-order valence-electron chi connectivity index (χ4n) is 3.46. The molecule has 2 heterocycles. The molecule has 6 heteroatoms. The summed E-state index contributed by atoms with van der Waals surface area (Å²) in [4.78, 5) is 26.0. The van der Waals surface area contributed by atoms with Crippen molar-refractivity contribution in [2.24, 2.45) is 0 Å². The van der Waals surface area contributed by atoms with Gasteiger partial charge in [-0.15, -0.1) is 0 Å². The Kier molecular flexibility index (Phi) is 4.72. The zero-order chi connectivity index (χ0) is 21.2. The zero-order valence-electron chi connectivity index (χ0n) is 16.8. The van der Waals surface area contributed by atoms with Crippen LogP contribution in [0.3, 0.4) is 0 Å². The SMILES string of the molecule is CC(=O)c1ccc2c(c1)nc(Nc1ccccc1)c1nc(Nc3ccccc3)ncc12. The molecule has 0 aliphatic rings. The lowest BCUT2D eigenvalue weighted by Crippen LogP contribution is -2.02. The highest BCUT2D eigenvalue weighted by molar-refractivity contribution is 6.10. The Hall–Kier alpha value is -4.32. The lowest BCUT2D eigenvalue weighted by molar-refractivity contribution is 0.101. The third-order valence-corrected chi connectivity index (χ3v) is 5.01. The molecule has 5 aromatic rings. The van der Waals surface area contributed by atoms with E-state index < -0.39 is 0 Å². The number of carbonyl (C=O) groups is 1. The number of hydrogen-bond acceptors (Lipinski definition) is 6. The first kappa shape index (κ1) is 18.7.